The molecule has 0 radical (unpaired) electrons. The smallest absolute Gasteiger partial charge is 0.167 e. The molecule has 2 rings (SSSR count). The molecule has 1 aliphatic rings. The molecule has 1 fully saturated rings. The van der Waals surface area contributed by atoms with Crippen molar-refractivity contribution >= 4 is 11.4 Å². The highest BCUT2D eigenvalue weighted by Crippen LogP contribution is 2.29. The molecule has 0 aromatic heterocycles. The van der Waals surface area contributed by atoms with Crippen LogP contribution in [0.15, 0.2) is 12.1 Å². The van der Waals surface area contributed by atoms with Crippen LogP contribution in [0.1, 0.15) is 26.2 Å². The molecule has 0 spiro atoms. The monoisotopic (exact) mass is 295 g/mol. The van der Waals surface area contributed by atoms with Gasteiger partial charge in [0.15, 0.2) is 11.6 Å². The minimum atomic E-state index is -0.397. The van der Waals surface area contributed by atoms with E-state index in [0.29, 0.717) is 18.2 Å². The number of nitrogens with zero attached hydrogens (tertiary/aromatic N) is 1. The number of halogens is 1. The Morgan fingerprint density at radius 1 is 1.38 bits per heavy atom. The molecular weight excluding hydrogens is 269 g/mol. The van der Waals surface area contributed by atoms with Crippen molar-refractivity contribution in [2.45, 2.75) is 26.2 Å². The molecule has 4 nitrogen and oxygen atoms in total. The van der Waals surface area contributed by atoms with Crippen LogP contribution in [0.5, 0.6) is 5.75 Å². The van der Waals surface area contributed by atoms with Crippen molar-refractivity contribution in [2.75, 3.05) is 44.3 Å². The molecule has 3 N–H and O–H groups in total. The molecular formula is C16H26FN3O. The minimum absolute atomic E-state index is 0.275. The lowest BCUT2D eigenvalue weighted by molar-refractivity contribution is 0.226. The SMILES string of the molecule is CCCOc1cc(NCC2CCN(C)CC2)c(N)cc1F. The Hall–Kier alpha value is -1.49. The van der Waals surface area contributed by atoms with E-state index in [1.165, 1.54) is 18.9 Å². The van der Waals surface area contributed by atoms with E-state index in [2.05, 4.69) is 17.3 Å². The largest absolute Gasteiger partial charge is 0.490 e. The maximum Gasteiger partial charge on any atom is 0.167 e. The van der Waals surface area contributed by atoms with Crippen molar-refractivity contribution in [3.8, 4) is 5.75 Å². The highest BCUT2D eigenvalue weighted by molar-refractivity contribution is 5.68. The number of nitrogen functional groups attached to an aromatic ring is 1. The van der Waals surface area contributed by atoms with Crippen LogP contribution in [0.2, 0.25) is 0 Å². The van der Waals surface area contributed by atoms with Gasteiger partial charge in [-0.1, -0.05) is 6.92 Å². The Labute approximate surface area is 126 Å². The van der Waals surface area contributed by atoms with Gasteiger partial charge in [-0.15, -0.1) is 0 Å². The first-order chi connectivity index (χ1) is 10.1. The Morgan fingerprint density at radius 3 is 2.76 bits per heavy atom. The fourth-order valence-corrected chi connectivity index (χ4v) is 2.56. The van der Waals surface area contributed by atoms with Crippen molar-refractivity contribution in [1.29, 1.82) is 0 Å². The zero-order valence-electron chi connectivity index (χ0n) is 13.0. The molecule has 0 saturated carbocycles. The molecule has 1 saturated heterocycles. The standard InChI is InChI=1S/C16H26FN3O/c1-3-8-21-16-10-15(14(18)9-13(16)17)19-11-12-4-6-20(2)7-5-12/h9-10,12,19H,3-8,11,18H2,1-2H3. The summed E-state index contributed by atoms with van der Waals surface area (Å²) in [4.78, 5) is 2.35. The molecule has 1 aromatic rings. The fourth-order valence-electron chi connectivity index (χ4n) is 2.56. The van der Waals surface area contributed by atoms with Crippen LogP contribution < -0.4 is 15.8 Å². The van der Waals surface area contributed by atoms with E-state index in [1.54, 1.807) is 6.07 Å². The van der Waals surface area contributed by atoms with Crippen molar-refractivity contribution in [2.24, 2.45) is 5.92 Å². The first-order valence-corrected chi connectivity index (χ1v) is 7.74. The average Bonchev–Trinajstić information content (AvgIpc) is 2.47. The molecule has 21 heavy (non-hydrogen) atoms. The lowest BCUT2D eigenvalue weighted by atomic mass is 9.97. The van der Waals surface area contributed by atoms with Crippen molar-refractivity contribution in [3.63, 3.8) is 0 Å². The number of benzene rings is 1. The second kappa shape index (κ2) is 7.50. The maximum atomic E-state index is 13.8. The van der Waals surface area contributed by atoms with E-state index in [9.17, 15) is 4.39 Å². The zero-order chi connectivity index (χ0) is 15.2. The van der Waals surface area contributed by atoms with Gasteiger partial charge in [-0.25, -0.2) is 4.39 Å². The van der Waals surface area contributed by atoms with Crippen LogP contribution in [0.4, 0.5) is 15.8 Å². The van der Waals surface area contributed by atoms with Crippen molar-refractivity contribution in [3.05, 3.63) is 17.9 Å². The quantitative estimate of drug-likeness (QED) is 0.792. The second-order valence-corrected chi connectivity index (χ2v) is 5.85. The van der Waals surface area contributed by atoms with Crippen LogP contribution in [0, 0.1) is 11.7 Å². The number of hydrogen-bond acceptors (Lipinski definition) is 4. The first kappa shape index (κ1) is 15.9. The van der Waals surface area contributed by atoms with Crippen LogP contribution in [-0.4, -0.2) is 38.2 Å². The van der Waals surface area contributed by atoms with E-state index in [-0.39, 0.29) is 5.75 Å². The van der Waals surface area contributed by atoms with E-state index in [1.807, 2.05) is 6.92 Å². The third-order valence-electron chi connectivity index (χ3n) is 3.99. The third kappa shape index (κ3) is 4.49. The van der Waals surface area contributed by atoms with Gasteiger partial charge in [0.25, 0.3) is 0 Å². The molecule has 0 aliphatic carbocycles. The van der Waals surface area contributed by atoms with E-state index in [0.717, 1.165) is 31.7 Å². The number of rotatable bonds is 6. The summed E-state index contributed by atoms with van der Waals surface area (Å²) in [5.74, 6) is 0.522. The van der Waals surface area contributed by atoms with Gasteiger partial charge >= 0.3 is 0 Å². The fraction of sp³-hybridized carbons (Fsp3) is 0.625. The average molecular weight is 295 g/mol. The summed E-state index contributed by atoms with van der Waals surface area (Å²) >= 11 is 0. The minimum Gasteiger partial charge on any atom is -0.490 e. The predicted octanol–water partition coefficient (Wildman–Crippen LogP) is 2.95. The van der Waals surface area contributed by atoms with E-state index in [4.69, 9.17) is 10.5 Å². The van der Waals surface area contributed by atoms with Gasteiger partial charge < -0.3 is 20.7 Å². The second-order valence-electron chi connectivity index (χ2n) is 5.85. The Morgan fingerprint density at radius 2 is 2.10 bits per heavy atom. The molecule has 1 heterocycles. The molecule has 0 atom stereocenters. The number of nitrogens with two attached hydrogens (primary N) is 1. The van der Waals surface area contributed by atoms with Crippen LogP contribution in [0.3, 0.4) is 0 Å². The lowest BCUT2D eigenvalue weighted by Crippen LogP contribution is -2.33. The first-order valence-electron chi connectivity index (χ1n) is 7.74. The predicted molar refractivity (Wildman–Crippen MR) is 85.3 cm³/mol. The van der Waals surface area contributed by atoms with Crippen LogP contribution in [-0.2, 0) is 0 Å². The molecule has 5 heteroatoms. The summed E-state index contributed by atoms with van der Waals surface area (Å²) in [7, 11) is 2.15. The summed E-state index contributed by atoms with van der Waals surface area (Å²) in [6, 6.07) is 3.01. The van der Waals surface area contributed by atoms with E-state index >= 15 is 0 Å². The summed E-state index contributed by atoms with van der Waals surface area (Å²) in [5, 5.41) is 3.35. The maximum absolute atomic E-state index is 13.8. The number of nitrogens with one attached hydrogen (secondary N) is 1. The molecule has 0 unspecified atom stereocenters. The summed E-state index contributed by atoms with van der Waals surface area (Å²) in [6.07, 6.45) is 3.22. The van der Waals surface area contributed by atoms with Gasteiger partial charge in [-0.3, -0.25) is 0 Å². The number of likely N-dealkylation sites (tertiary alicyclic amines) is 1. The van der Waals surface area contributed by atoms with Gasteiger partial charge in [-0.05, 0) is 45.3 Å². The lowest BCUT2D eigenvalue weighted by Gasteiger charge is -2.29. The van der Waals surface area contributed by atoms with Crippen molar-refractivity contribution < 1.29 is 9.13 Å². The number of ether oxygens (including phenoxy) is 1. The number of piperidine rings is 1. The van der Waals surface area contributed by atoms with Gasteiger partial charge in [0.2, 0.25) is 0 Å². The highest BCUT2D eigenvalue weighted by Gasteiger charge is 2.17. The molecule has 0 amide bonds. The third-order valence-corrected chi connectivity index (χ3v) is 3.99. The molecule has 0 bridgehead atoms. The summed E-state index contributed by atoms with van der Waals surface area (Å²) in [5.41, 5.74) is 7.09. The highest BCUT2D eigenvalue weighted by atomic mass is 19.1. The van der Waals surface area contributed by atoms with Crippen LogP contribution in [0.25, 0.3) is 0 Å². The molecule has 1 aromatic carbocycles. The topological polar surface area (TPSA) is 50.5 Å². The van der Waals surface area contributed by atoms with Gasteiger partial charge in [0, 0.05) is 18.7 Å². The number of hydrogen-bond donors (Lipinski definition) is 2. The summed E-state index contributed by atoms with van der Waals surface area (Å²) in [6.45, 7) is 5.65. The Bertz CT molecular complexity index is 459. The summed E-state index contributed by atoms with van der Waals surface area (Å²) < 4.78 is 19.2. The van der Waals surface area contributed by atoms with Gasteiger partial charge in [0.1, 0.15) is 0 Å². The van der Waals surface area contributed by atoms with E-state index < -0.39 is 5.82 Å². The van der Waals surface area contributed by atoms with Crippen molar-refractivity contribution in [1.82, 2.24) is 4.90 Å². The van der Waals surface area contributed by atoms with Crippen LogP contribution >= 0.6 is 0 Å². The molecule has 1 aliphatic heterocycles. The molecule has 118 valence electrons. The van der Waals surface area contributed by atoms with Gasteiger partial charge in [0.05, 0.1) is 18.0 Å². The number of anilines is 2. The normalized spacial score (nSPS) is 16.9. The zero-order valence-corrected chi connectivity index (χ0v) is 13.0. The Balaban J connectivity index is 1.95. The Kier molecular flexibility index (Phi) is 5.67. The van der Waals surface area contributed by atoms with Gasteiger partial charge in [-0.2, -0.15) is 0 Å².